The smallest absolute Gasteiger partial charge is 0.252 e. The van der Waals surface area contributed by atoms with Crippen molar-refractivity contribution >= 4 is 23.4 Å². The first-order valence-corrected chi connectivity index (χ1v) is 7.44. The highest BCUT2D eigenvalue weighted by molar-refractivity contribution is 8.00. The van der Waals surface area contributed by atoms with E-state index >= 15 is 0 Å². The van der Waals surface area contributed by atoms with Gasteiger partial charge in [-0.15, -0.1) is 0 Å². The van der Waals surface area contributed by atoms with Crippen molar-refractivity contribution in [2.75, 3.05) is 5.32 Å². The highest BCUT2D eigenvalue weighted by Gasteiger charge is 2.21. The lowest BCUT2D eigenvalue weighted by Gasteiger charge is -2.11. The van der Waals surface area contributed by atoms with Gasteiger partial charge in [0.2, 0.25) is 5.91 Å². The first kappa shape index (κ1) is 15.4. The topological polar surface area (TPSA) is 73.9 Å². The summed E-state index contributed by atoms with van der Waals surface area (Å²) in [5.41, 5.74) is 2.41. The molecule has 0 aliphatic rings. The zero-order valence-corrected chi connectivity index (χ0v) is 13.3. The van der Waals surface area contributed by atoms with Crippen molar-refractivity contribution in [2.45, 2.75) is 31.0 Å². The van der Waals surface area contributed by atoms with Crippen LogP contribution in [0.25, 0.3) is 0 Å². The molecular formula is C14H18N4O2S. The van der Waals surface area contributed by atoms with Gasteiger partial charge in [-0.3, -0.25) is 9.48 Å². The molecule has 0 aromatic carbocycles. The van der Waals surface area contributed by atoms with Crippen molar-refractivity contribution in [1.82, 2.24) is 9.78 Å². The van der Waals surface area contributed by atoms with Gasteiger partial charge in [-0.2, -0.15) is 9.83 Å². The Morgan fingerprint density at radius 3 is 2.76 bits per heavy atom. The van der Waals surface area contributed by atoms with Crippen LogP contribution in [0.15, 0.2) is 29.4 Å². The van der Waals surface area contributed by atoms with Crippen LogP contribution in [0.1, 0.15) is 18.3 Å². The Hall–Kier alpha value is -2.02. The number of aromatic nitrogens is 3. The summed E-state index contributed by atoms with van der Waals surface area (Å²) in [6.07, 6.45) is 1.42. The number of carbonyl (C=O) groups is 1. The molecule has 2 aromatic heterocycles. The van der Waals surface area contributed by atoms with Gasteiger partial charge in [-0.1, -0.05) is 0 Å². The van der Waals surface area contributed by atoms with E-state index in [1.807, 2.05) is 20.9 Å². The molecule has 0 radical (unpaired) electrons. The molecule has 0 spiro atoms. The van der Waals surface area contributed by atoms with Gasteiger partial charge < -0.3 is 10.5 Å². The number of carbonyl (C=O) groups excluding carboxylic acids is 1. The van der Waals surface area contributed by atoms with Gasteiger partial charge in [0, 0.05) is 19.2 Å². The van der Waals surface area contributed by atoms with Crippen molar-refractivity contribution in [3.05, 3.63) is 41.0 Å². The molecular weight excluding hydrogens is 288 g/mol. The van der Waals surface area contributed by atoms with Gasteiger partial charge >= 0.3 is 0 Å². The summed E-state index contributed by atoms with van der Waals surface area (Å²) in [4.78, 5) is 12.3. The third kappa shape index (κ3) is 3.36. The number of nitrogens with zero attached hydrogens (tertiary/aromatic N) is 3. The van der Waals surface area contributed by atoms with E-state index in [-0.39, 0.29) is 11.2 Å². The van der Waals surface area contributed by atoms with Crippen LogP contribution in [0.4, 0.5) is 5.69 Å². The molecule has 7 heteroatoms. The van der Waals surface area contributed by atoms with Crippen molar-refractivity contribution < 1.29 is 9.52 Å². The van der Waals surface area contributed by atoms with E-state index in [2.05, 4.69) is 10.4 Å². The summed E-state index contributed by atoms with van der Waals surface area (Å²) in [5, 5.41) is 18.9. The zero-order chi connectivity index (χ0) is 15.6. The Morgan fingerprint density at radius 2 is 2.19 bits per heavy atom. The van der Waals surface area contributed by atoms with E-state index in [9.17, 15) is 10.0 Å². The Kier molecular flexibility index (Phi) is 4.52. The number of thioether (sulfide) groups is 1. The summed E-state index contributed by atoms with van der Waals surface area (Å²) in [7, 11) is 1.83. The first-order chi connectivity index (χ1) is 9.90. The van der Waals surface area contributed by atoms with Gasteiger partial charge in [0.1, 0.15) is 0 Å². The van der Waals surface area contributed by atoms with E-state index in [1.54, 1.807) is 29.8 Å². The number of nitrogens with one attached hydrogen (secondary N) is 1. The molecule has 2 rings (SSSR count). The molecule has 1 atom stereocenters. The molecule has 0 bridgehead atoms. The monoisotopic (exact) mass is 306 g/mol. The van der Waals surface area contributed by atoms with E-state index < -0.39 is 0 Å². The summed E-state index contributed by atoms with van der Waals surface area (Å²) in [6, 6.07) is 5.13. The number of hydrogen-bond acceptors (Lipinski definition) is 4. The maximum absolute atomic E-state index is 12.3. The van der Waals surface area contributed by atoms with E-state index in [0.717, 1.165) is 21.8 Å². The summed E-state index contributed by atoms with van der Waals surface area (Å²) >= 11 is 1.23. The number of anilines is 1. The molecule has 0 aliphatic heterocycles. The molecule has 0 saturated heterocycles. The zero-order valence-electron chi connectivity index (χ0n) is 12.5. The third-order valence-corrected chi connectivity index (χ3v) is 4.34. The lowest BCUT2D eigenvalue weighted by Crippen LogP contribution is -2.30. The molecule has 2 heterocycles. The number of rotatable bonds is 4. The van der Waals surface area contributed by atoms with E-state index in [4.69, 9.17) is 0 Å². The molecule has 0 saturated carbocycles. The predicted molar refractivity (Wildman–Crippen MR) is 82.0 cm³/mol. The highest BCUT2D eigenvalue weighted by Crippen LogP contribution is 2.23. The Bertz CT molecular complexity index is 669. The van der Waals surface area contributed by atoms with Crippen LogP contribution in [-0.2, 0) is 11.8 Å². The molecule has 0 aliphatic carbocycles. The SMILES string of the molecule is Cc1nn(C)c(C)c1NC(=O)[C@H](C)Sc1cccc[n+]1[O-]. The third-order valence-electron chi connectivity index (χ3n) is 3.21. The van der Waals surface area contributed by atoms with Crippen molar-refractivity contribution in [3.63, 3.8) is 0 Å². The summed E-state index contributed by atoms with van der Waals surface area (Å²) in [6.45, 7) is 5.52. The standard InChI is InChI=1S/C14H18N4O2S/c1-9-13(10(2)17(4)16-9)15-14(19)11(3)21-12-7-5-6-8-18(12)20/h5-8,11H,1-4H3,(H,15,19)/t11-/m0/s1. The van der Waals surface area contributed by atoms with Gasteiger partial charge in [-0.05, 0) is 38.6 Å². The number of pyridine rings is 1. The molecule has 0 fully saturated rings. The van der Waals surface area contributed by atoms with Crippen LogP contribution in [0, 0.1) is 19.1 Å². The fraction of sp³-hybridized carbons (Fsp3) is 0.357. The Morgan fingerprint density at radius 1 is 1.48 bits per heavy atom. The number of aryl methyl sites for hydroxylation is 2. The van der Waals surface area contributed by atoms with Gasteiger partial charge in [0.25, 0.3) is 5.03 Å². The summed E-state index contributed by atoms with van der Waals surface area (Å²) in [5.74, 6) is -0.150. The quantitative estimate of drug-likeness (QED) is 0.531. The van der Waals surface area contributed by atoms with Gasteiger partial charge in [-0.25, -0.2) is 0 Å². The maximum atomic E-state index is 12.3. The maximum Gasteiger partial charge on any atom is 0.252 e. The first-order valence-electron chi connectivity index (χ1n) is 6.56. The minimum atomic E-state index is -0.383. The molecule has 2 aromatic rings. The van der Waals surface area contributed by atoms with Crippen molar-refractivity contribution in [2.24, 2.45) is 7.05 Å². The number of hydrogen-bond donors (Lipinski definition) is 1. The molecule has 1 N–H and O–H groups in total. The lowest BCUT2D eigenvalue weighted by molar-refractivity contribution is -0.645. The van der Waals surface area contributed by atoms with Crippen molar-refractivity contribution in [1.29, 1.82) is 0 Å². The second-order valence-corrected chi connectivity index (χ2v) is 6.14. The minimum absolute atomic E-state index is 0.150. The van der Waals surface area contributed by atoms with Crippen LogP contribution >= 0.6 is 11.8 Å². The largest absolute Gasteiger partial charge is 0.618 e. The average Bonchev–Trinajstić information content (AvgIpc) is 2.67. The minimum Gasteiger partial charge on any atom is -0.618 e. The normalized spacial score (nSPS) is 12.2. The summed E-state index contributed by atoms with van der Waals surface area (Å²) < 4.78 is 2.49. The van der Waals surface area contributed by atoms with Gasteiger partial charge in [0.05, 0.1) is 22.3 Å². The number of amides is 1. The van der Waals surface area contributed by atoms with Crippen LogP contribution < -0.4 is 10.0 Å². The average molecular weight is 306 g/mol. The van der Waals surface area contributed by atoms with Gasteiger partial charge in [0.15, 0.2) is 6.20 Å². The molecule has 0 unspecified atom stereocenters. The van der Waals surface area contributed by atoms with Crippen LogP contribution in [0.5, 0.6) is 0 Å². The highest BCUT2D eigenvalue weighted by atomic mass is 32.2. The second-order valence-electron chi connectivity index (χ2n) is 4.78. The molecule has 112 valence electrons. The van der Waals surface area contributed by atoms with Crippen LogP contribution in [0.2, 0.25) is 0 Å². The molecule has 6 nitrogen and oxygen atoms in total. The Labute approximate surface area is 127 Å². The van der Waals surface area contributed by atoms with E-state index in [1.165, 1.54) is 18.0 Å². The molecule has 21 heavy (non-hydrogen) atoms. The predicted octanol–water partition coefficient (Wildman–Crippen LogP) is 1.79. The van der Waals surface area contributed by atoms with Crippen molar-refractivity contribution in [3.8, 4) is 0 Å². The second kappa shape index (κ2) is 6.17. The molecule has 1 amide bonds. The lowest BCUT2D eigenvalue weighted by atomic mass is 10.3. The van der Waals surface area contributed by atoms with Crippen LogP contribution in [0.3, 0.4) is 0 Å². The Balaban J connectivity index is 2.08. The van der Waals surface area contributed by atoms with E-state index in [0.29, 0.717) is 5.03 Å². The fourth-order valence-electron chi connectivity index (χ4n) is 1.92. The fourth-order valence-corrected chi connectivity index (χ4v) is 2.77. The van der Waals surface area contributed by atoms with Crippen LogP contribution in [-0.4, -0.2) is 20.9 Å².